The van der Waals surface area contributed by atoms with E-state index in [1.54, 1.807) is 0 Å². The second-order valence-electron chi connectivity index (χ2n) is 5.47. The zero-order valence-corrected chi connectivity index (χ0v) is 12.2. The monoisotopic (exact) mass is 252 g/mol. The second-order valence-corrected chi connectivity index (χ2v) is 6.81. The fourth-order valence-corrected chi connectivity index (χ4v) is 3.69. The standard InChI is InChI=1S/C14H24N2S/c1-10-7-16(8-11(10)2)9-13-5-14(6-15-4)17-12(13)3/h5,10-11,15H,6-9H2,1-4H3. The van der Waals surface area contributed by atoms with Crippen molar-refractivity contribution in [3.63, 3.8) is 0 Å². The smallest absolute Gasteiger partial charge is 0.0296 e. The summed E-state index contributed by atoms with van der Waals surface area (Å²) in [7, 11) is 2.01. The zero-order chi connectivity index (χ0) is 12.4. The summed E-state index contributed by atoms with van der Waals surface area (Å²) in [6.45, 7) is 11.7. The van der Waals surface area contributed by atoms with Crippen molar-refractivity contribution in [1.82, 2.24) is 10.2 Å². The molecule has 3 heteroatoms. The van der Waals surface area contributed by atoms with E-state index in [1.165, 1.54) is 28.4 Å². The van der Waals surface area contributed by atoms with E-state index in [-0.39, 0.29) is 0 Å². The molecule has 1 fully saturated rings. The van der Waals surface area contributed by atoms with Crippen molar-refractivity contribution < 1.29 is 0 Å². The summed E-state index contributed by atoms with van der Waals surface area (Å²) in [6, 6.07) is 2.38. The van der Waals surface area contributed by atoms with Crippen molar-refractivity contribution in [2.24, 2.45) is 11.8 Å². The van der Waals surface area contributed by atoms with Crippen LogP contribution in [0.5, 0.6) is 0 Å². The lowest BCUT2D eigenvalue weighted by molar-refractivity contribution is 0.316. The van der Waals surface area contributed by atoms with Gasteiger partial charge in [-0.2, -0.15) is 0 Å². The topological polar surface area (TPSA) is 15.3 Å². The summed E-state index contributed by atoms with van der Waals surface area (Å²) in [5, 5.41) is 3.23. The Morgan fingerprint density at radius 3 is 2.59 bits per heavy atom. The maximum atomic E-state index is 3.23. The number of nitrogens with one attached hydrogen (secondary N) is 1. The summed E-state index contributed by atoms with van der Waals surface area (Å²) in [4.78, 5) is 5.55. The molecule has 2 unspecified atom stereocenters. The van der Waals surface area contributed by atoms with Crippen LogP contribution in [0.25, 0.3) is 0 Å². The number of rotatable bonds is 4. The van der Waals surface area contributed by atoms with E-state index < -0.39 is 0 Å². The number of hydrogen-bond donors (Lipinski definition) is 1. The molecular weight excluding hydrogens is 228 g/mol. The fourth-order valence-electron chi connectivity index (χ4n) is 2.62. The van der Waals surface area contributed by atoms with Crippen molar-refractivity contribution in [2.45, 2.75) is 33.9 Å². The molecule has 2 atom stereocenters. The molecule has 2 heterocycles. The first-order valence-electron chi connectivity index (χ1n) is 6.55. The van der Waals surface area contributed by atoms with Crippen LogP contribution >= 0.6 is 11.3 Å². The molecule has 2 rings (SSSR count). The van der Waals surface area contributed by atoms with Crippen LogP contribution in [-0.2, 0) is 13.1 Å². The highest BCUT2D eigenvalue weighted by atomic mass is 32.1. The van der Waals surface area contributed by atoms with Crippen molar-refractivity contribution in [3.8, 4) is 0 Å². The summed E-state index contributed by atoms with van der Waals surface area (Å²) >= 11 is 1.93. The van der Waals surface area contributed by atoms with Gasteiger partial charge in [-0.3, -0.25) is 4.90 Å². The maximum absolute atomic E-state index is 3.23. The molecule has 0 aliphatic carbocycles. The van der Waals surface area contributed by atoms with Gasteiger partial charge in [0.05, 0.1) is 0 Å². The molecule has 1 saturated heterocycles. The normalized spacial score (nSPS) is 25.6. The minimum absolute atomic E-state index is 0.853. The van der Waals surface area contributed by atoms with Gasteiger partial charge in [-0.1, -0.05) is 13.8 Å². The van der Waals surface area contributed by atoms with Gasteiger partial charge in [0.2, 0.25) is 0 Å². The number of hydrogen-bond acceptors (Lipinski definition) is 3. The van der Waals surface area contributed by atoms with E-state index in [0.717, 1.165) is 24.9 Å². The van der Waals surface area contributed by atoms with Gasteiger partial charge < -0.3 is 5.32 Å². The molecule has 1 aromatic heterocycles. The summed E-state index contributed by atoms with van der Waals surface area (Å²) in [5.41, 5.74) is 1.53. The van der Waals surface area contributed by atoms with Crippen LogP contribution in [0.2, 0.25) is 0 Å². The van der Waals surface area contributed by atoms with Crippen LogP contribution in [0.15, 0.2) is 6.07 Å². The Balaban J connectivity index is 1.99. The van der Waals surface area contributed by atoms with Crippen LogP contribution in [0.1, 0.15) is 29.2 Å². The summed E-state index contributed by atoms with van der Waals surface area (Å²) in [5.74, 6) is 1.71. The van der Waals surface area contributed by atoms with Gasteiger partial charge in [-0.25, -0.2) is 0 Å². The van der Waals surface area contributed by atoms with Crippen LogP contribution < -0.4 is 5.32 Å². The zero-order valence-electron chi connectivity index (χ0n) is 11.4. The van der Waals surface area contributed by atoms with Gasteiger partial charge in [0, 0.05) is 35.9 Å². The van der Waals surface area contributed by atoms with E-state index in [4.69, 9.17) is 0 Å². The first-order chi connectivity index (χ1) is 8.10. The van der Waals surface area contributed by atoms with Gasteiger partial charge in [0.25, 0.3) is 0 Å². The van der Waals surface area contributed by atoms with Crippen molar-refractivity contribution in [2.75, 3.05) is 20.1 Å². The molecule has 0 radical (unpaired) electrons. The van der Waals surface area contributed by atoms with E-state index in [9.17, 15) is 0 Å². The molecule has 2 nitrogen and oxygen atoms in total. The molecule has 96 valence electrons. The Hall–Kier alpha value is -0.380. The molecule has 0 saturated carbocycles. The Morgan fingerprint density at radius 1 is 1.35 bits per heavy atom. The van der Waals surface area contributed by atoms with Crippen LogP contribution in [-0.4, -0.2) is 25.0 Å². The third-order valence-corrected chi connectivity index (χ3v) is 4.97. The van der Waals surface area contributed by atoms with E-state index in [0.29, 0.717) is 0 Å². The molecule has 0 amide bonds. The Morgan fingerprint density at radius 2 is 2.00 bits per heavy atom. The number of nitrogens with zero attached hydrogens (tertiary/aromatic N) is 1. The molecule has 1 aromatic rings. The molecule has 0 aromatic carbocycles. The fraction of sp³-hybridized carbons (Fsp3) is 0.714. The molecule has 1 aliphatic heterocycles. The first kappa shape index (κ1) is 13.1. The average Bonchev–Trinajstić information content (AvgIpc) is 2.74. The second kappa shape index (κ2) is 5.51. The minimum atomic E-state index is 0.853. The van der Waals surface area contributed by atoms with E-state index in [2.05, 4.69) is 37.1 Å². The number of likely N-dealkylation sites (tertiary alicyclic amines) is 1. The average molecular weight is 252 g/mol. The van der Waals surface area contributed by atoms with Gasteiger partial charge in [0.1, 0.15) is 0 Å². The highest BCUT2D eigenvalue weighted by Crippen LogP contribution is 2.27. The van der Waals surface area contributed by atoms with Crippen LogP contribution in [0, 0.1) is 18.8 Å². The van der Waals surface area contributed by atoms with E-state index >= 15 is 0 Å². The van der Waals surface area contributed by atoms with Crippen molar-refractivity contribution in [3.05, 3.63) is 21.4 Å². The molecule has 1 N–H and O–H groups in total. The maximum Gasteiger partial charge on any atom is 0.0296 e. The van der Waals surface area contributed by atoms with Gasteiger partial charge in [0.15, 0.2) is 0 Å². The molecule has 17 heavy (non-hydrogen) atoms. The predicted molar refractivity (Wildman–Crippen MR) is 75.4 cm³/mol. The van der Waals surface area contributed by atoms with E-state index in [1.807, 2.05) is 18.4 Å². The third-order valence-electron chi connectivity index (χ3n) is 3.88. The van der Waals surface area contributed by atoms with Crippen LogP contribution in [0.4, 0.5) is 0 Å². The summed E-state index contributed by atoms with van der Waals surface area (Å²) in [6.07, 6.45) is 0. The molecule has 0 bridgehead atoms. The molecule has 1 aliphatic rings. The predicted octanol–water partition coefficient (Wildman–Crippen LogP) is 2.86. The lowest BCUT2D eigenvalue weighted by Crippen LogP contribution is -2.20. The lowest BCUT2D eigenvalue weighted by atomic mass is 10.0. The largest absolute Gasteiger partial charge is 0.315 e. The SMILES string of the molecule is CNCc1cc(CN2CC(C)C(C)C2)c(C)s1. The van der Waals surface area contributed by atoms with Crippen molar-refractivity contribution >= 4 is 11.3 Å². The highest BCUT2D eigenvalue weighted by Gasteiger charge is 2.26. The highest BCUT2D eigenvalue weighted by molar-refractivity contribution is 7.12. The van der Waals surface area contributed by atoms with Gasteiger partial charge >= 0.3 is 0 Å². The number of thiophene rings is 1. The van der Waals surface area contributed by atoms with Crippen molar-refractivity contribution in [1.29, 1.82) is 0 Å². The first-order valence-corrected chi connectivity index (χ1v) is 7.37. The van der Waals surface area contributed by atoms with Gasteiger partial charge in [-0.15, -0.1) is 11.3 Å². The summed E-state index contributed by atoms with van der Waals surface area (Å²) < 4.78 is 0. The lowest BCUT2D eigenvalue weighted by Gasteiger charge is -2.14. The number of aryl methyl sites for hydroxylation is 1. The van der Waals surface area contributed by atoms with Gasteiger partial charge in [-0.05, 0) is 37.4 Å². The quantitative estimate of drug-likeness (QED) is 0.886. The third kappa shape index (κ3) is 3.09. The Kier molecular flexibility index (Phi) is 4.23. The molecule has 0 spiro atoms. The molecular formula is C14H24N2S. The Bertz CT molecular complexity index is 362. The Labute approximate surface area is 109 Å². The minimum Gasteiger partial charge on any atom is -0.315 e. The van der Waals surface area contributed by atoms with Crippen LogP contribution in [0.3, 0.4) is 0 Å².